The molecule has 0 aromatic heterocycles. The van der Waals surface area contributed by atoms with Gasteiger partial charge in [0.05, 0.1) is 4.90 Å². The number of hydrogen-bond donors (Lipinski definition) is 1. The number of nitrogens with two attached hydrogens (primary N) is 1. The summed E-state index contributed by atoms with van der Waals surface area (Å²) in [6.45, 7) is 0. The van der Waals surface area contributed by atoms with Crippen molar-refractivity contribution in [2.45, 2.75) is 15.5 Å². The molecule has 20 heavy (non-hydrogen) atoms. The summed E-state index contributed by atoms with van der Waals surface area (Å²) in [4.78, 5) is 1.11. The molecule has 0 heterocycles. The molecule has 2 aromatic rings. The number of thioether (sulfide) groups is 1. The van der Waals surface area contributed by atoms with Crippen LogP contribution in [0.1, 0.15) is 5.56 Å². The van der Waals surface area contributed by atoms with Crippen LogP contribution in [0, 0.1) is 0 Å². The molecule has 0 fully saturated rings. The van der Waals surface area contributed by atoms with Crippen molar-refractivity contribution in [3.8, 4) is 0 Å². The number of hydrogen-bond acceptors (Lipinski definition) is 4. The van der Waals surface area contributed by atoms with E-state index in [0.29, 0.717) is 10.7 Å². The van der Waals surface area contributed by atoms with E-state index in [1.807, 2.05) is 24.3 Å². The number of anilines is 1. The van der Waals surface area contributed by atoms with E-state index >= 15 is 0 Å². The fraction of sp³-hybridized carbons (Fsp3) is 0.143. The van der Waals surface area contributed by atoms with Gasteiger partial charge < -0.3 is 5.73 Å². The van der Waals surface area contributed by atoms with Crippen LogP contribution in [0.3, 0.4) is 0 Å². The average molecular weight is 328 g/mol. The minimum absolute atomic E-state index is 0.242. The Morgan fingerprint density at radius 1 is 1.15 bits per heavy atom. The molecule has 0 unspecified atom stereocenters. The van der Waals surface area contributed by atoms with Crippen LogP contribution < -0.4 is 5.73 Å². The lowest BCUT2D eigenvalue weighted by atomic mass is 10.2. The van der Waals surface area contributed by atoms with Gasteiger partial charge in [-0.05, 0) is 35.9 Å². The fourth-order valence-corrected chi connectivity index (χ4v) is 3.32. The first-order chi connectivity index (χ1) is 9.36. The van der Waals surface area contributed by atoms with Crippen LogP contribution in [-0.2, 0) is 15.6 Å². The quantitative estimate of drug-likeness (QED) is 0.688. The second-order valence-corrected chi connectivity index (χ2v) is 7.86. The van der Waals surface area contributed by atoms with Crippen LogP contribution in [0.2, 0.25) is 5.02 Å². The maximum atomic E-state index is 11.4. The van der Waals surface area contributed by atoms with E-state index in [-0.39, 0.29) is 4.90 Å². The van der Waals surface area contributed by atoms with Crippen LogP contribution in [-0.4, -0.2) is 14.7 Å². The molecule has 0 aliphatic carbocycles. The van der Waals surface area contributed by atoms with Gasteiger partial charge in [-0.2, -0.15) is 0 Å². The highest BCUT2D eigenvalue weighted by atomic mass is 35.5. The Morgan fingerprint density at radius 3 is 2.35 bits per heavy atom. The third kappa shape index (κ3) is 3.91. The van der Waals surface area contributed by atoms with Gasteiger partial charge in [0.1, 0.15) is 0 Å². The molecular weight excluding hydrogens is 314 g/mol. The highest BCUT2D eigenvalue weighted by Gasteiger charge is 2.09. The standard InChI is InChI=1S/C14H14ClNO2S2/c1-20(17,18)12-6-7-14(13(16)8-12)19-9-10-2-4-11(15)5-3-10/h2-8H,9,16H2,1H3. The van der Waals surface area contributed by atoms with E-state index in [0.717, 1.165) is 16.2 Å². The first-order valence-corrected chi connectivity index (χ1v) is 9.08. The summed E-state index contributed by atoms with van der Waals surface area (Å²) in [6.07, 6.45) is 1.17. The van der Waals surface area contributed by atoms with Gasteiger partial charge >= 0.3 is 0 Å². The monoisotopic (exact) mass is 327 g/mol. The van der Waals surface area contributed by atoms with Crippen molar-refractivity contribution < 1.29 is 8.42 Å². The summed E-state index contributed by atoms with van der Waals surface area (Å²) in [5.41, 5.74) is 7.51. The molecule has 3 nitrogen and oxygen atoms in total. The van der Waals surface area contributed by atoms with Crippen LogP contribution in [0.5, 0.6) is 0 Å². The summed E-state index contributed by atoms with van der Waals surface area (Å²) in [5.74, 6) is 0.750. The summed E-state index contributed by atoms with van der Waals surface area (Å²) in [5, 5.41) is 0.704. The topological polar surface area (TPSA) is 60.2 Å². The molecule has 0 bridgehead atoms. The van der Waals surface area contributed by atoms with Gasteiger partial charge in [-0.15, -0.1) is 11.8 Å². The maximum Gasteiger partial charge on any atom is 0.175 e. The van der Waals surface area contributed by atoms with Gasteiger partial charge in [-0.1, -0.05) is 23.7 Å². The van der Waals surface area contributed by atoms with Crippen molar-refractivity contribution in [3.63, 3.8) is 0 Å². The second-order valence-electron chi connectivity index (χ2n) is 4.39. The Kier molecular flexibility index (Phi) is 4.62. The third-order valence-electron chi connectivity index (χ3n) is 2.72. The molecule has 0 aliphatic rings. The highest BCUT2D eigenvalue weighted by molar-refractivity contribution is 7.98. The van der Waals surface area contributed by atoms with Crippen molar-refractivity contribution in [2.75, 3.05) is 12.0 Å². The van der Waals surface area contributed by atoms with Crippen molar-refractivity contribution in [3.05, 3.63) is 53.1 Å². The van der Waals surface area contributed by atoms with Gasteiger partial charge in [0.25, 0.3) is 0 Å². The average Bonchev–Trinajstić information content (AvgIpc) is 2.38. The Balaban J connectivity index is 2.12. The summed E-state index contributed by atoms with van der Waals surface area (Å²) < 4.78 is 22.9. The SMILES string of the molecule is CS(=O)(=O)c1ccc(SCc2ccc(Cl)cc2)c(N)c1. The predicted molar refractivity (Wildman–Crippen MR) is 85.0 cm³/mol. The summed E-state index contributed by atoms with van der Waals surface area (Å²) in [6, 6.07) is 12.4. The molecule has 0 saturated heterocycles. The summed E-state index contributed by atoms with van der Waals surface area (Å²) in [7, 11) is -3.22. The molecule has 2 N–H and O–H groups in total. The molecule has 106 valence electrons. The lowest BCUT2D eigenvalue weighted by molar-refractivity contribution is 0.602. The predicted octanol–water partition coefficient (Wildman–Crippen LogP) is 3.62. The Labute approximate surface area is 128 Å². The lowest BCUT2D eigenvalue weighted by Crippen LogP contribution is -1.99. The maximum absolute atomic E-state index is 11.4. The van der Waals surface area contributed by atoms with E-state index in [2.05, 4.69) is 0 Å². The molecule has 6 heteroatoms. The third-order valence-corrected chi connectivity index (χ3v) is 5.24. The fourth-order valence-electron chi connectivity index (χ4n) is 1.63. The van der Waals surface area contributed by atoms with Crippen molar-refractivity contribution in [1.82, 2.24) is 0 Å². The smallest absolute Gasteiger partial charge is 0.175 e. The first kappa shape index (κ1) is 15.2. The molecule has 0 spiro atoms. The lowest BCUT2D eigenvalue weighted by Gasteiger charge is -2.07. The van der Waals surface area contributed by atoms with Crippen molar-refractivity contribution >= 4 is 38.9 Å². The van der Waals surface area contributed by atoms with Gasteiger partial charge in [0, 0.05) is 27.6 Å². The molecule has 2 rings (SSSR count). The first-order valence-electron chi connectivity index (χ1n) is 5.83. The highest BCUT2D eigenvalue weighted by Crippen LogP contribution is 2.30. The van der Waals surface area contributed by atoms with E-state index in [4.69, 9.17) is 17.3 Å². The minimum atomic E-state index is -3.22. The zero-order chi connectivity index (χ0) is 14.8. The van der Waals surface area contributed by atoms with Crippen LogP contribution in [0.15, 0.2) is 52.3 Å². The number of rotatable bonds is 4. The van der Waals surface area contributed by atoms with Gasteiger partial charge in [0.15, 0.2) is 9.84 Å². The number of benzene rings is 2. The molecule has 0 aliphatic heterocycles. The van der Waals surface area contributed by atoms with Gasteiger partial charge in [0.2, 0.25) is 0 Å². The summed E-state index contributed by atoms with van der Waals surface area (Å²) >= 11 is 7.39. The van der Waals surface area contributed by atoms with Gasteiger partial charge in [-0.25, -0.2) is 8.42 Å². The van der Waals surface area contributed by atoms with E-state index < -0.39 is 9.84 Å². The Morgan fingerprint density at radius 2 is 1.80 bits per heavy atom. The zero-order valence-corrected chi connectivity index (χ0v) is 13.2. The van der Waals surface area contributed by atoms with Crippen molar-refractivity contribution in [2.24, 2.45) is 0 Å². The Hall–Kier alpha value is -1.17. The number of halogens is 1. The minimum Gasteiger partial charge on any atom is -0.398 e. The number of sulfone groups is 1. The molecule has 0 radical (unpaired) electrons. The zero-order valence-electron chi connectivity index (χ0n) is 10.8. The van der Waals surface area contributed by atoms with Crippen molar-refractivity contribution in [1.29, 1.82) is 0 Å². The second kappa shape index (κ2) is 6.08. The molecular formula is C14H14ClNO2S2. The van der Waals surface area contributed by atoms with E-state index in [9.17, 15) is 8.42 Å². The molecule has 0 atom stereocenters. The van der Waals surface area contributed by atoms with Gasteiger partial charge in [-0.3, -0.25) is 0 Å². The molecule has 0 amide bonds. The van der Waals surface area contributed by atoms with E-state index in [1.165, 1.54) is 12.3 Å². The molecule has 0 saturated carbocycles. The number of nitrogen functional groups attached to an aromatic ring is 1. The molecule has 2 aromatic carbocycles. The van der Waals surface area contributed by atoms with Crippen LogP contribution in [0.25, 0.3) is 0 Å². The largest absolute Gasteiger partial charge is 0.398 e. The van der Waals surface area contributed by atoms with E-state index in [1.54, 1.807) is 23.9 Å². The Bertz CT molecular complexity index is 712. The normalized spacial score (nSPS) is 11.5. The van der Waals surface area contributed by atoms with Crippen LogP contribution in [0.4, 0.5) is 5.69 Å². The van der Waals surface area contributed by atoms with Crippen LogP contribution >= 0.6 is 23.4 Å².